The minimum Gasteiger partial charge on any atom is -0.394 e. The van der Waals surface area contributed by atoms with Crippen molar-refractivity contribution in [2.75, 3.05) is 13.2 Å². The highest BCUT2D eigenvalue weighted by Crippen LogP contribution is 2.23. The molecule has 0 aromatic heterocycles. The topological polar surface area (TPSA) is 209 Å². The number of rotatable bonds is 39. The molecule has 0 aromatic rings. The zero-order chi connectivity index (χ0) is 45.1. The molecular weight excluding hydrogens is 779 g/mol. The van der Waals surface area contributed by atoms with Gasteiger partial charge in [-0.25, -0.2) is 0 Å². The third-order valence-corrected chi connectivity index (χ3v) is 11.8. The number of aliphatic hydroxyl groups is 8. The van der Waals surface area contributed by atoms with Gasteiger partial charge in [0.25, 0.3) is 0 Å². The van der Waals surface area contributed by atoms with Crippen LogP contribution < -0.4 is 5.32 Å². The number of carbonyl (C=O) groups excluding carboxylic acids is 1. The molecule has 1 aliphatic rings. The quantitative estimate of drug-likeness (QED) is 0.0220. The van der Waals surface area contributed by atoms with E-state index in [4.69, 9.17) is 9.47 Å². The molecule has 1 aliphatic heterocycles. The molecule has 0 saturated carbocycles. The van der Waals surface area contributed by atoms with Crippen molar-refractivity contribution in [2.24, 2.45) is 0 Å². The predicted octanol–water partition coefficient (Wildman–Crippen LogP) is 7.36. The number of ether oxygens (including phenoxy) is 2. The highest BCUT2D eigenvalue weighted by atomic mass is 16.7. The van der Waals surface area contributed by atoms with Gasteiger partial charge in [0.05, 0.1) is 37.6 Å². The minimum absolute atomic E-state index is 0.254. The Kier molecular flexibility index (Phi) is 35.4. The molecule has 0 radical (unpaired) electrons. The molecule has 0 bridgehead atoms. The van der Waals surface area contributed by atoms with Crippen LogP contribution in [0.15, 0.2) is 36.0 Å². The van der Waals surface area contributed by atoms with Gasteiger partial charge in [0.15, 0.2) is 6.29 Å². The summed E-state index contributed by atoms with van der Waals surface area (Å²) in [5.41, 5.74) is 0.667. The Labute approximate surface area is 369 Å². The summed E-state index contributed by atoms with van der Waals surface area (Å²) in [5, 5.41) is 85.8. The number of hydrogen-bond acceptors (Lipinski definition) is 11. The van der Waals surface area contributed by atoms with Crippen LogP contribution >= 0.6 is 0 Å². The van der Waals surface area contributed by atoms with Gasteiger partial charge in [-0.3, -0.25) is 4.79 Å². The van der Waals surface area contributed by atoms with E-state index < -0.39 is 80.3 Å². The highest BCUT2D eigenvalue weighted by molar-refractivity contribution is 5.80. The number of nitrogens with one attached hydrogen (secondary N) is 1. The number of amides is 1. The van der Waals surface area contributed by atoms with Crippen LogP contribution in [-0.2, 0) is 14.3 Å². The Morgan fingerprint density at radius 3 is 1.67 bits per heavy atom. The number of carbonyl (C=O) groups is 1. The molecule has 10 atom stereocenters. The summed E-state index contributed by atoms with van der Waals surface area (Å²) in [4.78, 5) is 13.1. The van der Waals surface area contributed by atoms with Crippen LogP contribution in [0.4, 0.5) is 0 Å². The molecule has 358 valence electrons. The van der Waals surface area contributed by atoms with Crippen molar-refractivity contribution < 1.29 is 55.1 Å². The fraction of sp³-hybridized carbons (Fsp3) is 0.857. The van der Waals surface area contributed by atoms with Gasteiger partial charge in [-0.05, 0) is 63.9 Å². The monoisotopic (exact) mass is 870 g/mol. The maximum absolute atomic E-state index is 13.1. The van der Waals surface area contributed by atoms with E-state index in [1.54, 1.807) is 19.1 Å². The van der Waals surface area contributed by atoms with E-state index in [9.17, 15) is 45.6 Å². The van der Waals surface area contributed by atoms with Crippen LogP contribution in [0.5, 0.6) is 0 Å². The lowest BCUT2D eigenvalue weighted by Crippen LogP contribution is -2.60. The Hall–Kier alpha value is -1.71. The summed E-state index contributed by atoms with van der Waals surface area (Å²) < 4.78 is 11.1. The first-order valence-corrected chi connectivity index (χ1v) is 24.4. The molecule has 9 N–H and O–H groups in total. The van der Waals surface area contributed by atoms with Crippen molar-refractivity contribution in [3.63, 3.8) is 0 Å². The molecule has 0 spiro atoms. The van der Waals surface area contributed by atoms with E-state index >= 15 is 0 Å². The third-order valence-electron chi connectivity index (χ3n) is 11.8. The average Bonchev–Trinajstić information content (AvgIpc) is 3.25. The van der Waals surface area contributed by atoms with E-state index in [2.05, 4.69) is 31.3 Å². The SMILES string of the molecule is CCCCCCCC/C=C\CCCCCCCCCCCC[C@@H](O)C(=O)N[C@@H](CO[C@@H]1O[C@H](CO)[C@@H](O)[C@H](O)[C@H]1O)[C@H](O)/C=C/CCC(O)/C(C)=C/C(O)CCCCCCC. The lowest BCUT2D eigenvalue weighted by atomic mass is 9.99. The molecule has 1 saturated heterocycles. The Bertz CT molecular complexity index is 1130. The maximum Gasteiger partial charge on any atom is 0.249 e. The molecule has 61 heavy (non-hydrogen) atoms. The summed E-state index contributed by atoms with van der Waals surface area (Å²) >= 11 is 0. The summed E-state index contributed by atoms with van der Waals surface area (Å²) in [7, 11) is 0. The second kappa shape index (κ2) is 37.6. The normalized spacial score (nSPS) is 22.5. The first-order chi connectivity index (χ1) is 29.5. The van der Waals surface area contributed by atoms with Gasteiger partial charge >= 0.3 is 0 Å². The van der Waals surface area contributed by atoms with Crippen molar-refractivity contribution in [3.8, 4) is 0 Å². The molecule has 0 aliphatic carbocycles. The van der Waals surface area contributed by atoms with Crippen molar-refractivity contribution in [2.45, 2.75) is 255 Å². The second-order valence-electron chi connectivity index (χ2n) is 17.5. The molecular formula is C49H91NO11. The number of aliphatic hydroxyl groups excluding tert-OH is 8. The van der Waals surface area contributed by atoms with E-state index in [-0.39, 0.29) is 6.42 Å². The fourth-order valence-electron chi connectivity index (χ4n) is 7.64. The van der Waals surface area contributed by atoms with Crippen LogP contribution in [0.25, 0.3) is 0 Å². The smallest absolute Gasteiger partial charge is 0.249 e. The first kappa shape index (κ1) is 57.3. The van der Waals surface area contributed by atoms with Crippen LogP contribution in [0.2, 0.25) is 0 Å². The second-order valence-corrected chi connectivity index (χ2v) is 17.5. The van der Waals surface area contributed by atoms with Gasteiger partial charge in [-0.15, -0.1) is 0 Å². The van der Waals surface area contributed by atoms with Gasteiger partial charge in [0.1, 0.15) is 30.5 Å². The van der Waals surface area contributed by atoms with Crippen molar-refractivity contribution in [3.05, 3.63) is 36.0 Å². The Morgan fingerprint density at radius 2 is 1.13 bits per heavy atom. The molecule has 1 rings (SSSR count). The minimum atomic E-state index is -1.67. The van der Waals surface area contributed by atoms with E-state index in [0.717, 1.165) is 44.9 Å². The molecule has 1 heterocycles. The van der Waals surface area contributed by atoms with Crippen LogP contribution in [0.1, 0.15) is 194 Å². The molecule has 1 fully saturated rings. The molecule has 12 heteroatoms. The predicted molar refractivity (Wildman–Crippen MR) is 244 cm³/mol. The Balaban J connectivity index is 2.50. The van der Waals surface area contributed by atoms with Crippen LogP contribution in [-0.4, -0.2) is 121 Å². The highest BCUT2D eigenvalue weighted by Gasteiger charge is 2.44. The van der Waals surface area contributed by atoms with Crippen molar-refractivity contribution >= 4 is 5.91 Å². The van der Waals surface area contributed by atoms with E-state index in [1.165, 1.54) is 102 Å². The third kappa shape index (κ3) is 28.0. The van der Waals surface area contributed by atoms with Gasteiger partial charge in [-0.1, -0.05) is 166 Å². The zero-order valence-corrected chi connectivity index (χ0v) is 38.5. The van der Waals surface area contributed by atoms with Crippen LogP contribution in [0.3, 0.4) is 0 Å². The van der Waals surface area contributed by atoms with E-state index in [1.807, 2.05) is 0 Å². The number of unbranched alkanes of at least 4 members (excludes halogenated alkanes) is 20. The Morgan fingerprint density at radius 1 is 0.623 bits per heavy atom. The van der Waals surface area contributed by atoms with Crippen LogP contribution in [0, 0.1) is 0 Å². The lowest BCUT2D eigenvalue weighted by Gasteiger charge is -2.40. The van der Waals surface area contributed by atoms with Gasteiger partial charge in [-0.2, -0.15) is 0 Å². The van der Waals surface area contributed by atoms with Gasteiger partial charge in [0.2, 0.25) is 5.91 Å². The zero-order valence-electron chi connectivity index (χ0n) is 38.5. The van der Waals surface area contributed by atoms with Gasteiger partial charge in [0, 0.05) is 0 Å². The first-order valence-electron chi connectivity index (χ1n) is 24.4. The number of hydrogen-bond donors (Lipinski definition) is 9. The van der Waals surface area contributed by atoms with E-state index in [0.29, 0.717) is 31.3 Å². The maximum atomic E-state index is 13.1. The molecule has 0 aromatic carbocycles. The van der Waals surface area contributed by atoms with Crippen molar-refractivity contribution in [1.29, 1.82) is 0 Å². The molecule has 2 unspecified atom stereocenters. The summed E-state index contributed by atoms with van der Waals surface area (Å²) in [6.45, 7) is 5.15. The summed E-state index contributed by atoms with van der Waals surface area (Å²) in [6, 6.07) is -1.10. The molecule has 12 nitrogen and oxygen atoms in total. The average molecular weight is 870 g/mol. The summed E-state index contributed by atoms with van der Waals surface area (Å²) in [5.74, 6) is -0.691. The largest absolute Gasteiger partial charge is 0.394 e. The standard InChI is InChI=1S/C49H91NO11/c1-4-6-8-10-11-12-13-14-15-16-17-18-19-20-21-22-23-24-26-28-34-43(55)48(59)50-40(37-60-49-47(58)46(57)45(56)44(36-51)61-49)42(54)33-30-29-32-41(53)38(3)35-39(52)31-27-25-9-7-5-2/h14-15,30,33,35,39-47,49,51-58H,4-13,16-29,31-32,34,36-37H2,1-3H3,(H,50,59)/b15-14-,33-30+,38-35+/t39?,40-,41?,42+,43+,44+,45+,46-,47+,49+/m0/s1. The number of allylic oxidation sites excluding steroid dienone is 3. The van der Waals surface area contributed by atoms with Gasteiger partial charge < -0.3 is 55.6 Å². The van der Waals surface area contributed by atoms with Crippen molar-refractivity contribution in [1.82, 2.24) is 5.32 Å². The summed E-state index contributed by atoms with van der Waals surface area (Å²) in [6.07, 6.45) is 26.7. The molecule has 1 amide bonds. The lowest BCUT2D eigenvalue weighted by molar-refractivity contribution is -0.302. The fourth-order valence-corrected chi connectivity index (χ4v) is 7.64.